The second kappa shape index (κ2) is 12.7. The Morgan fingerprint density at radius 2 is 1.56 bits per heavy atom. The van der Waals surface area contributed by atoms with Crippen molar-refractivity contribution in [2.24, 2.45) is 0 Å². The minimum atomic E-state index is -0.463. The van der Waals surface area contributed by atoms with Gasteiger partial charge in [0.1, 0.15) is 13.2 Å². The van der Waals surface area contributed by atoms with Gasteiger partial charge in [-0.15, -0.1) is 0 Å². The second-order valence-corrected chi connectivity index (χ2v) is 5.61. The van der Waals surface area contributed by atoms with E-state index in [1.165, 1.54) is 6.92 Å². The molecule has 0 bridgehead atoms. The summed E-state index contributed by atoms with van der Waals surface area (Å²) in [6, 6.07) is 7.01. The quantitative estimate of drug-likeness (QED) is 0.441. The first-order valence-electron chi connectivity index (χ1n) is 8.61. The van der Waals surface area contributed by atoms with E-state index in [1.54, 1.807) is 29.2 Å². The predicted octanol–water partition coefficient (Wildman–Crippen LogP) is 0.303. The molecule has 1 aromatic rings. The van der Waals surface area contributed by atoms with Crippen molar-refractivity contribution in [3.8, 4) is 0 Å². The lowest BCUT2D eigenvalue weighted by Crippen LogP contribution is -2.30. The van der Waals surface area contributed by atoms with E-state index in [2.05, 4.69) is 5.32 Å². The molecule has 0 aliphatic heterocycles. The van der Waals surface area contributed by atoms with E-state index < -0.39 is 11.9 Å². The molecule has 150 valence electrons. The number of aliphatic hydroxyl groups excluding tert-OH is 2. The van der Waals surface area contributed by atoms with Crippen molar-refractivity contribution in [2.45, 2.75) is 19.8 Å². The minimum absolute atomic E-state index is 0.0651. The molecule has 1 aromatic carbocycles. The number of carbonyl (C=O) groups excluding carboxylic acids is 3. The number of nitrogens with one attached hydrogen (secondary N) is 1. The number of ether oxygens (including phenoxy) is 2. The third-order valence-corrected chi connectivity index (χ3v) is 3.41. The van der Waals surface area contributed by atoms with Crippen LogP contribution in [0.4, 0.5) is 11.4 Å². The van der Waals surface area contributed by atoms with Crippen molar-refractivity contribution in [2.75, 3.05) is 49.7 Å². The molecule has 27 heavy (non-hydrogen) atoms. The van der Waals surface area contributed by atoms with E-state index in [1.807, 2.05) is 0 Å². The number of amides is 1. The zero-order valence-electron chi connectivity index (χ0n) is 15.3. The molecule has 0 spiro atoms. The highest BCUT2D eigenvalue weighted by Gasteiger charge is 2.14. The highest BCUT2D eigenvalue weighted by Crippen LogP contribution is 2.20. The largest absolute Gasteiger partial charge is 0.463 e. The van der Waals surface area contributed by atoms with Crippen LogP contribution in [0.15, 0.2) is 24.3 Å². The van der Waals surface area contributed by atoms with E-state index in [-0.39, 0.29) is 58.3 Å². The average molecular weight is 382 g/mol. The van der Waals surface area contributed by atoms with Crippen LogP contribution >= 0.6 is 0 Å². The van der Waals surface area contributed by atoms with Gasteiger partial charge in [0.2, 0.25) is 5.91 Å². The Morgan fingerprint density at radius 3 is 2.04 bits per heavy atom. The van der Waals surface area contributed by atoms with Crippen molar-refractivity contribution in [3.63, 3.8) is 0 Å². The van der Waals surface area contributed by atoms with Crippen LogP contribution in [0.25, 0.3) is 0 Å². The van der Waals surface area contributed by atoms with Crippen LogP contribution in [-0.2, 0) is 23.9 Å². The number of esters is 2. The molecule has 0 saturated carbocycles. The van der Waals surface area contributed by atoms with Crippen molar-refractivity contribution >= 4 is 29.2 Å². The molecular formula is C18H26N2O7. The molecule has 0 atom stereocenters. The lowest BCUT2D eigenvalue weighted by atomic mass is 10.2. The fraction of sp³-hybridized carbons (Fsp3) is 0.500. The molecule has 0 saturated heterocycles. The average Bonchev–Trinajstić information content (AvgIpc) is 2.64. The van der Waals surface area contributed by atoms with Crippen LogP contribution in [0, 0.1) is 0 Å². The molecule has 9 heteroatoms. The van der Waals surface area contributed by atoms with Crippen LogP contribution < -0.4 is 10.2 Å². The van der Waals surface area contributed by atoms with Crippen LogP contribution in [0.1, 0.15) is 19.8 Å². The third-order valence-electron chi connectivity index (χ3n) is 3.41. The summed E-state index contributed by atoms with van der Waals surface area (Å²) in [7, 11) is 0. The molecule has 0 radical (unpaired) electrons. The number of benzene rings is 1. The molecule has 9 nitrogen and oxygen atoms in total. The summed E-state index contributed by atoms with van der Waals surface area (Å²) in [5.74, 6) is -1.14. The van der Waals surface area contributed by atoms with Crippen molar-refractivity contribution in [3.05, 3.63) is 24.3 Å². The fourth-order valence-corrected chi connectivity index (χ4v) is 2.27. The maximum absolute atomic E-state index is 11.7. The van der Waals surface area contributed by atoms with E-state index in [0.717, 1.165) is 0 Å². The predicted molar refractivity (Wildman–Crippen MR) is 98.3 cm³/mol. The number of anilines is 2. The summed E-state index contributed by atoms with van der Waals surface area (Å²) in [4.78, 5) is 36.4. The highest BCUT2D eigenvalue weighted by molar-refractivity contribution is 5.89. The Balaban J connectivity index is 2.78. The van der Waals surface area contributed by atoms with E-state index >= 15 is 0 Å². The Morgan fingerprint density at radius 1 is 1.00 bits per heavy atom. The van der Waals surface area contributed by atoms with Crippen LogP contribution in [0.3, 0.4) is 0 Å². The summed E-state index contributed by atoms with van der Waals surface area (Å²) < 4.78 is 9.68. The summed E-state index contributed by atoms with van der Waals surface area (Å²) in [6.45, 7) is 1.34. The van der Waals surface area contributed by atoms with Crippen LogP contribution in [0.2, 0.25) is 0 Å². The zero-order chi connectivity index (χ0) is 20.1. The van der Waals surface area contributed by atoms with Gasteiger partial charge < -0.3 is 29.9 Å². The second-order valence-electron chi connectivity index (χ2n) is 5.61. The van der Waals surface area contributed by atoms with Gasteiger partial charge in [0.25, 0.3) is 0 Å². The molecule has 0 aliphatic carbocycles. The third kappa shape index (κ3) is 9.57. The molecule has 0 fully saturated rings. The van der Waals surface area contributed by atoms with Crippen molar-refractivity contribution in [1.82, 2.24) is 0 Å². The van der Waals surface area contributed by atoms with Gasteiger partial charge in [-0.25, -0.2) is 0 Å². The maximum Gasteiger partial charge on any atom is 0.307 e. The normalized spacial score (nSPS) is 10.2. The van der Waals surface area contributed by atoms with Crippen LogP contribution in [-0.4, -0.2) is 67.6 Å². The molecule has 1 amide bonds. The lowest BCUT2D eigenvalue weighted by Gasteiger charge is -2.24. The SMILES string of the molecule is CC(=O)Nc1cccc(N(CCC(=O)OCCO)CCC(=O)OCCO)c1. The molecule has 1 rings (SSSR count). The molecule has 0 unspecified atom stereocenters. The zero-order valence-corrected chi connectivity index (χ0v) is 15.3. The smallest absolute Gasteiger partial charge is 0.307 e. The van der Waals surface area contributed by atoms with Crippen molar-refractivity contribution < 1.29 is 34.1 Å². The van der Waals surface area contributed by atoms with E-state index in [9.17, 15) is 14.4 Å². The number of carbonyl (C=O) groups is 3. The van der Waals surface area contributed by atoms with Gasteiger partial charge in [0, 0.05) is 31.4 Å². The molecule has 3 N–H and O–H groups in total. The van der Waals surface area contributed by atoms with Gasteiger partial charge in [0.05, 0.1) is 26.1 Å². The number of aliphatic hydroxyl groups is 2. The number of nitrogens with zero attached hydrogens (tertiary/aromatic N) is 1. The number of hydrogen-bond donors (Lipinski definition) is 3. The van der Waals surface area contributed by atoms with Crippen LogP contribution in [0.5, 0.6) is 0 Å². The number of rotatable bonds is 12. The summed E-state index contributed by atoms with van der Waals surface area (Å²) >= 11 is 0. The fourth-order valence-electron chi connectivity index (χ4n) is 2.27. The Hall–Kier alpha value is -2.65. The van der Waals surface area contributed by atoms with Crippen molar-refractivity contribution in [1.29, 1.82) is 0 Å². The first kappa shape index (κ1) is 22.4. The molecule has 0 aromatic heterocycles. The monoisotopic (exact) mass is 382 g/mol. The van der Waals surface area contributed by atoms with Gasteiger partial charge in [0.15, 0.2) is 0 Å². The van der Waals surface area contributed by atoms with E-state index in [0.29, 0.717) is 11.4 Å². The molecule has 0 heterocycles. The summed E-state index contributed by atoms with van der Waals surface area (Å²) in [5.41, 5.74) is 1.31. The first-order chi connectivity index (χ1) is 13.0. The summed E-state index contributed by atoms with van der Waals surface area (Å²) in [6.07, 6.45) is 0.131. The van der Waals surface area contributed by atoms with Gasteiger partial charge in [-0.05, 0) is 18.2 Å². The topological polar surface area (TPSA) is 125 Å². The van der Waals surface area contributed by atoms with Gasteiger partial charge in [-0.2, -0.15) is 0 Å². The molecular weight excluding hydrogens is 356 g/mol. The minimum Gasteiger partial charge on any atom is -0.463 e. The van der Waals surface area contributed by atoms with E-state index in [4.69, 9.17) is 19.7 Å². The van der Waals surface area contributed by atoms with Gasteiger partial charge >= 0.3 is 11.9 Å². The summed E-state index contributed by atoms with van der Waals surface area (Å²) in [5, 5.41) is 20.1. The Bertz CT molecular complexity index is 597. The Labute approximate surface area is 157 Å². The maximum atomic E-state index is 11.7. The lowest BCUT2D eigenvalue weighted by molar-refractivity contribution is -0.144. The first-order valence-corrected chi connectivity index (χ1v) is 8.61. The number of hydrogen-bond acceptors (Lipinski definition) is 8. The molecule has 0 aliphatic rings. The van der Waals surface area contributed by atoms with Gasteiger partial charge in [-0.3, -0.25) is 14.4 Å². The Kier molecular flexibility index (Phi) is 10.5. The van der Waals surface area contributed by atoms with Gasteiger partial charge in [-0.1, -0.05) is 6.07 Å². The standard InChI is InChI=1S/C18H26N2O7/c1-14(23)19-15-3-2-4-16(13-15)20(7-5-17(24)26-11-9-21)8-6-18(25)27-12-10-22/h2-4,13,21-22H,5-12H2,1H3,(H,19,23). The highest BCUT2D eigenvalue weighted by atomic mass is 16.5.